The number of benzene rings is 1. The summed E-state index contributed by atoms with van der Waals surface area (Å²) in [7, 11) is 0. The largest absolute Gasteiger partial charge is 0.478 e. The first-order valence-corrected chi connectivity index (χ1v) is 5.54. The zero-order chi connectivity index (χ0) is 12.1. The highest BCUT2D eigenvalue weighted by molar-refractivity contribution is 7.98. The van der Waals surface area contributed by atoms with Crippen molar-refractivity contribution in [3.63, 3.8) is 0 Å². The van der Waals surface area contributed by atoms with E-state index in [9.17, 15) is 9.59 Å². The molecule has 0 spiro atoms. The maximum atomic E-state index is 10.6. The van der Waals surface area contributed by atoms with Crippen LogP contribution in [-0.2, 0) is 9.59 Å². The number of ether oxygens (including phenoxy) is 1. The summed E-state index contributed by atoms with van der Waals surface area (Å²) in [6, 6.07) is 6.66. The Morgan fingerprint density at radius 3 is 2.31 bits per heavy atom. The molecule has 5 nitrogen and oxygen atoms in total. The van der Waals surface area contributed by atoms with Crippen LogP contribution < -0.4 is 4.74 Å². The van der Waals surface area contributed by atoms with E-state index in [1.165, 1.54) is 17.8 Å². The highest BCUT2D eigenvalue weighted by atomic mass is 32.2. The van der Waals surface area contributed by atoms with Crippen molar-refractivity contribution >= 4 is 23.7 Å². The minimum atomic E-state index is -1.88. The predicted octanol–water partition coefficient (Wildman–Crippen LogP) is 1.33. The van der Waals surface area contributed by atoms with Crippen molar-refractivity contribution in [1.29, 1.82) is 0 Å². The fourth-order valence-electron chi connectivity index (χ4n) is 1.05. The van der Waals surface area contributed by atoms with E-state index in [0.29, 0.717) is 4.90 Å². The minimum Gasteiger partial charge on any atom is -0.478 e. The van der Waals surface area contributed by atoms with Crippen LogP contribution in [0, 0.1) is 0 Å². The summed E-state index contributed by atoms with van der Waals surface area (Å²) in [6.07, 6.45) is -0.0908. The van der Waals surface area contributed by atoms with Gasteiger partial charge in [0.2, 0.25) is 0 Å². The van der Waals surface area contributed by atoms with Gasteiger partial charge in [0, 0.05) is 4.90 Å². The van der Waals surface area contributed by atoms with Crippen LogP contribution in [0.3, 0.4) is 0 Å². The van der Waals surface area contributed by atoms with Crippen LogP contribution in [0.25, 0.3) is 0 Å². The van der Waals surface area contributed by atoms with E-state index in [0.717, 1.165) is 0 Å². The lowest BCUT2D eigenvalue weighted by atomic mass is 10.3. The number of carboxylic acids is 2. The van der Waals surface area contributed by atoms with Gasteiger partial charge in [-0.3, -0.25) is 0 Å². The number of thioether (sulfide) groups is 1. The summed E-state index contributed by atoms with van der Waals surface area (Å²) in [5, 5.41) is 17.3. The normalized spacial score (nSPS) is 10.1. The van der Waals surface area contributed by atoms with Crippen LogP contribution in [0.1, 0.15) is 0 Å². The monoisotopic (exact) mass is 242 g/mol. The lowest BCUT2D eigenvalue weighted by Crippen LogP contribution is -2.35. The zero-order valence-electron chi connectivity index (χ0n) is 8.41. The smallest absolute Gasteiger partial charge is 0.356 e. The highest BCUT2D eigenvalue weighted by Crippen LogP contribution is 2.27. The maximum Gasteiger partial charge on any atom is 0.356 e. The van der Waals surface area contributed by atoms with Gasteiger partial charge in [-0.1, -0.05) is 12.1 Å². The quantitative estimate of drug-likeness (QED) is 0.598. The first-order chi connectivity index (χ1) is 7.56. The van der Waals surface area contributed by atoms with Gasteiger partial charge in [0.15, 0.2) is 0 Å². The number of rotatable bonds is 5. The molecule has 0 saturated carbocycles. The summed E-state index contributed by atoms with van der Waals surface area (Å²) in [5.41, 5.74) is 0. The maximum absolute atomic E-state index is 10.6. The van der Waals surface area contributed by atoms with E-state index < -0.39 is 18.0 Å². The number of para-hydroxylation sites is 1. The van der Waals surface area contributed by atoms with Gasteiger partial charge in [0.25, 0.3) is 6.10 Å². The Morgan fingerprint density at radius 1 is 1.25 bits per heavy atom. The van der Waals surface area contributed by atoms with E-state index in [1.54, 1.807) is 24.5 Å². The van der Waals surface area contributed by atoms with E-state index in [2.05, 4.69) is 0 Å². The average molecular weight is 242 g/mol. The third-order valence-corrected chi connectivity index (χ3v) is 2.54. The highest BCUT2D eigenvalue weighted by Gasteiger charge is 2.28. The molecular weight excluding hydrogens is 232 g/mol. The van der Waals surface area contributed by atoms with Crippen LogP contribution in [0.15, 0.2) is 29.2 Å². The molecule has 1 aromatic rings. The van der Waals surface area contributed by atoms with Crippen molar-refractivity contribution in [3.8, 4) is 5.75 Å². The van der Waals surface area contributed by atoms with Gasteiger partial charge < -0.3 is 14.9 Å². The molecule has 0 atom stereocenters. The molecule has 0 fully saturated rings. The molecule has 0 amide bonds. The Bertz CT molecular complexity index is 390. The Labute approximate surface area is 96.0 Å². The Kier molecular flexibility index (Phi) is 4.19. The van der Waals surface area contributed by atoms with Crippen molar-refractivity contribution < 1.29 is 24.5 Å². The topological polar surface area (TPSA) is 83.8 Å². The molecule has 0 saturated heterocycles. The van der Waals surface area contributed by atoms with E-state index >= 15 is 0 Å². The van der Waals surface area contributed by atoms with E-state index in [4.69, 9.17) is 14.9 Å². The molecule has 16 heavy (non-hydrogen) atoms. The summed E-state index contributed by atoms with van der Waals surface area (Å²) < 4.78 is 4.94. The summed E-state index contributed by atoms with van der Waals surface area (Å²) in [4.78, 5) is 22.0. The zero-order valence-corrected chi connectivity index (χ0v) is 9.23. The molecular formula is C10H10O5S. The van der Waals surface area contributed by atoms with E-state index in [-0.39, 0.29) is 5.75 Å². The second kappa shape index (κ2) is 5.41. The van der Waals surface area contributed by atoms with Crippen molar-refractivity contribution in [2.75, 3.05) is 6.26 Å². The first-order valence-electron chi connectivity index (χ1n) is 4.31. The van der Waals surface area contributed by atoms with Crippen LogP contribution >= 0.6 is 11.8 Å². The van der Waals surface area contributed by atoms with Crippen molar-refractivity contribution in [3.05, 3.63) is 24.3 Å². The second-order valence-corrected chi connectivity index (χ2v) is 3.67. The Hall–Kier alpha value is -1.69. The summed E-state index contributed by atoms with van der Waals surface area (Å²) in [5.74, 6) is -2.79. The van der Waals surface area contributed by atoms with Gasteiger partial charge >= 0.3 is 11.9 Å². The molecule has 0 bridgehead atoms. The van der Waals surface area contributed by atoms with Gasteiger partial charge in [0.1, 0.15) is 5.75 Å². The molecule has 2 N–H and O–H groups in total. The van der Waals surface area contributed by atoms with E-state index in [1.807, 2.05) is 0 Å². The van der Waals surface area contributed by atoms with Crippen LogP contribution in [0.2, 0.25) is 0 Å². The van der Waals surface area contributed by atoms with Crippen LogP contribution in [-0.4, -0.2) is 34.5 Å². The van der Waals surface area contributed by atoms with Gasteiger partial charge in [0.05, 0.1) is 0 Å². The van der Waals surface area contributed by atoms with Gasteiger partial charge in [-0.2, -0.15) is 0 Å². The first kappa shape index (κ1) is 12.4. The Morgan fingerprint density at radius 2 is 1.81 bits per heavy atom. The number of hydrogen-bond donors (Lipinski definition) is 2. The van der Waals surface area contributed by atoms with Gasteiger partial charge in [-0.05, 0) is 18.4 Å². The molecule has 0 heterocycles. The van der Waals surface area contributed by atoms with Gasteiger partial charge in [-0.25, -0.2) is 9.59 Å². The van der Waals surface area contributed by atoms with Crippen molar-refractivity contribution in [2.24, 2.45) is 0 Å². The lowest BCUT2D eigenvalue weighted by Gasteiger charge is -2.13. The predicted molar refractivity (Wildman–Crippen MR) is 57.9 cm³/mol. The number of carbonyl (C=O) groups is 2. The minimum absolute atomic E-state index is 0.254. The fraction of sp³-hybridized carbons (Fsp3) is 0.200. The van der Waals surface area contributed by atoms with Gasteiger partial charge in [-0.15, -0.1) is 11.8 Å². The molecule has 0 unspecified atom stereocenters. The second-order valence-electron chi connectivity index (χ2n) is 2.83. The molecule has 0 radical (unpaired) electrons. The Balaban J connectivity index is 2.93. The lowest BCUT2D eigenvalue weighted by molar-refractivity contribution is -0.159. The average Bonchev–Trinajstić information content (AvgIpc) is 2.25. The molecule has 6 heteroatoms. The molecule has 0 aromatic heterocycles. The van der Waals surface area contributed by atoms with Crippen LogP contribution in [0.5, 0.6) is 5.75 Å². The molecule has 86 valence electrons. The molecule has 0 aliphatic carbocycles. The molecule has 0 aliphatic rings. The summed E-state index contributed by atoms with van der Waals surface area (Å²) >= 11 is 1.35. The number of hydrogen-bond acceptors (Lipinski definition) is 4. The molecule has 1 aromatic carbocycles. The SMILES string of the molecule is CSc1ccccc1OC(C(=O)O)C(=O)O. The third-order valence-electron chi connectivity index (χ3n) is 1.76. The van der Waals surface area contributed by atoms with Crippen molar-refractivity contribution in [2.45, 2.75) is 11.0 Å². The van der Waals surface area contributed by atoms with Crippen molar-refractivity contribution in [1.82, 2.24) is 0 Å². The number of carboxylic acid groups (broad SMARTS) is 2. The number of aliphatic carboxylic acids is 2. The third kappa shape index (κ3) is 2.90. The molecule has 0 aliphatic heterocycles. The summed E-state index contributed by atoms with van der Waals surface area (Å²) in [6.45, 7) is 0. The fourth-order valence-corrected chi connectivity index (χ4v) is 1.58. The van der Waals surface area contributed by atoms with Crippen LogP contribution in [0.4, 0.5) is 0 Å². The molecule has 1 rings (SSSR count). The standard InChI is InChI=1S/C10H10O5S/c1-16-7-5-3-2-4-6(7)15-8(9(11)12)10(13)14/h2-5,8H,1H3,(H,11,12)(H,13,14).